The van der Waals surface area contributed by atoms with Crippen LogP contribution < -0.4 is 5.32 Å². The average Bonchev–Trinajstić information content (AvgIpc) is 3.20. The maximum atomic E-state index is 12.0. The first-order valence-corrected chi connectivity index (χ1v) is 11.0. The molecule has 6 nitrogen and oxygen atoms in total. The molecule has 2 atom stereocenters. The lowest BCUT2D eigenvalue weighted by Crippen LogP contribution is -2.65. The molecule has 1 heterocycles. The summed E-state index contributed by atoms with van der Waals surface area (Å²) in [6.45, 7) is 9.83. The Labute approximate surface area is 187 Å². The van der Waals surface area contributed by atoms with Crippen LogP contribution in [-0.4, -0.2) is 61.8 Å². The number of ether oxygens (including phenoxy) is 2. The number of carbonyl (C=O) groups is 1. The van der Waals surface area contributed by atoms with Gasteiger partial charge >= 0.3 is 5.97 Å². The fourth-order valence-electron chi connectivity index (χ4n) is 5.22. The largest absolute Gasteiger partial charge is 0.466 e. The Bertz CT molecular complexity index is 529. The number of esters is 1. The van der Waals surface area contributed by atoms with E-state index in [2.05, 4.69) is 24.1 Å². The van der Waals surface area contributed by atoms with Crippen LogP contribution in [0.15, 0.2) is 4.99 Å². The van der Waals surface area contributed by atoms with Crippen LogP contribution in [0.25, 0.3) is 0 Å². The molecular weight excluding hydrogens is 469 g/mol. The molecule has 0 amide bonds. The Morgan fingerprint density at radius 3 is 2.39 bits per heavy atom. The summed E-state index contributed by atoms with van der Waals surface area (Å²) in [5.41, 5.74) is 0.299. The summed E-state index contributed by atoms with van der Waals surface area (Å²) in [6, 6.07) is 0.463. The van der Waals surface area contributed by atoms with Gasteiger partial charge in [-0.25, -0.2) is 0 Å². The second-order valence-corrected chi connectivity index (χ2v) is 8.13. The van der Waals surface area contributed by atoms with Crippen LogP contribution in [-0.2, 0) is 14.3 Å². The molecule has 2 unspecified atom stereocenters. The van der Waals surface area contributed by atoms with E-state index in [-0.39, 0.29) is 35.9 Å². The Morgan fingerprint density at radius 2 is 1.82 bits per heavy atom. The molecule has 1 saturated heterocycles. The van der Waals surface area contributed by atoms with Crippen LogP contribution in [0.4, 0.5) is 0 Å². The number of nitrogens with one attached hydrogen (secondary N) is 1. The van der Waals surface area contributed by atoms with Crippen molar-refractivity contribution in [2.24, 2.45) is 16.3 Å². The lowest BCUT2D eigenvalue weighted by molar-refractivity contribution is -0.149. The number of guanidine groups is 1. The Hall–Kier alpha value is -0.570. The van der Waals surface area contributed by atoms with E-state index < -0.39 is 0 Å². The van der Waals surface area contributed by atoms with E-state index in [0.717, 1.165) is 51.5 Å². The monoisotopic (exact) mass is 507 g/mol. The molecule has 0 aromatic heterocycles. The van der Waals surface area contributed by atoms with Crippen LogP contribution in [0, 0.1) is 11.3 Å². The van der Waals surface area contributed by atoms with Gasteiger partial charge in [-0.1, -0.05) is 12.8 Å². The number of hydrogen-bond donors (Lipinski definition) is 1. The zero-order valence-electron chi connectivity index (χ0n) is 17.7. The summed E-state index contributed by atoms with van der Waals surface area (Å²) in [6.07, 6.45) is 8.33. The second-order valence-electron chi connectivity index (χ2n) is 8.13. The first-order chi connectivity index (χ1) is 13.1. The van der Waals surface area contributed by atoms with Crippen LogP contribution in [0.1, 0.15) is 65.7 Å². The van der Waals surface area contributed by atoms with Crippen LogP contribution in [0.5, 0.6) is 0 Å². The van der Waals surface area contributed by atoms with E-state index in [1.54, 1.807) is 0 Å². The minimum Gasteiger partial charge on any atom is -0.466 e. The van der Waals surface area contributed by atoms with Crippen molar-refractivity contribution in [3.63, 3.8) is 0 Å². The smallest absolute Gasteiger partial charge is 0.309 e. The summed E-state index contributed by atoms with van der Waals surface area (Å²) in [4.78, 5) is 19.1. The number of nitrogens with zero attached hydrogens (tertiary/aromatic N) is 2. The molecular formula is C21H38IN3O3. The van der Waals surface area contributed by atoms with Gasteiger partial charge in [0.25, 0.3) is 0 Å². The first kappa shape index (κ1) is 23.7. The minimum absolute atomic E-state index is 0. The molecule has 3 rings (SSSR count). The topological polar surface area (TPSA) is 63.2 Å². The zero-order valence-corrected chi connectivity index (χ0v) is 20.1. The maximum absolute atomic E-state index is 12.0. The normalized spacial score (nSPS) is 27.2. The van der Waals surface area contributed by atoms with Crippen molar-refractivity contribution in [1.82, 2.24) is 10.2 Å². The van der Waals surface area contributed by atoms with Crippen molar-refractivity contribution in [3.05, 3.63) is 0 Å². The second kappa shape index (κ2) is 11.0. The molecule has 28 heavy (non-hydrogen) atoms. The third-order valence-corrected chi connectivity index (χ3v) is 6.71. The van der Waals surface area contributed by atoms with Crippen molar-refractivity contribution in [2.75, 3.05) is 32.8 Å². The molecule has 162 valence electrons. The van der Waals surface area contributed by atoms with Crippen molar-refractivity contribution in [2.45, 2.75) is 77.9 Å². The molecule has 0 bridgehead atoms. The van der Waals surface area contributed by atoms with E-state index in [1.807, 2.05) is 6.92 Å². The summed E-state index contributed by atoms with van der Waals surface area (Å²) in [7, 11) is 0. The van der Waals surface area contributed by atoms with Gasteiger partial charge in [0, 0.05) is 37.7 Å². The van der Waals surface area contributed by atoms with Crippen molar-refractivity contribution < 1.29 is 14.3 Å². The highest BCUT2D eigenvalue weighted by molar-refractivity contribution is 14.0. The summed E-state index contributed by atoms with van der Waals surface area (Å²) >= 11 is 0. The molecule has 7 heteroatoms. The van der Waals surface area contributed by atoms with Gasteiger partial charge in [-0.15, -0.1) is 24.0 Å². The van der Waals surface area contributed by atoms with E-state index in [1.165, 1.54) is 25.7 Å². The number of hydrogen-bond acceptors (Lipinski definition) is 4. The average molecular weight is 507 g/mol. The summed E-state index contributed by atoms with van der Waals surface area (Å²) in [5, 5.41) is 3.79. The van der Waals surface area contributed by atoms with Gasteiger partial charge in [-0.2, -0.15) is 0 Å². The SMILES string of the molecule is CCN=C(NC1CC(OCC)C12CCCC2)N1CCC(C(=O)OCC)CC1.I. The predicted molar refractivity (Wildman–Crippen MR) is 122 cm³/mol. The number of rotatable bonds is 6. The van der Waals surface area contributed by atoms with Gasteiger partial charge in [0.05, 0.1) is 18.6 Å². The van der Waals surface area contributed by atoms with Crippen LogP contribution >= 0.6 is 24.0 Å². The van der Waals surface area contributed by atoms with E-state index >= 15 is 0 Å². The fourth-order valence-corrected chi connectivity index (χ4v) is 5.22. The lowest BCUT2D eigenvalue weighted by Gasteiger charge is -2.55. The quantitative estimate of drug-likeness (QED) is 0.258. The molecule has 1 spiro atoms. The Morgan fingerprint density at radius 1 is 1.14 bits per heavy atom. The molecule has 2 saturated carbocycles. The van der Waals surface area contributed by atoms with Gasteiger partial charge in [-0.05, 0) is 52.9 Å². The van der Waals surface area contributed by atoms with Crippen LogP contribution in [0.2, 0.25) is 0 Å². The van der Waals surface area contributed by atoms with Crippen LogP contribution in [0.3, 0.4) is 0 Å². The predicted octanol–water partition coefficient (Wildman–Crippen LogP) is 3.58. The number of aliphatic imine (C=N–C) groups is 1. The summed E-state index contributed by atoms with van der Waals surface area (Å²) in [5.74, 6) is 1.02. The lowest BCUT2D eigenvalue weighted by atomic mass is 9.60. The molecule has 0 aromatic carbocycles. The van der Waals surface area contributed by atoms with Gasteiger partial charge in [-0.3, -0.25) is 9.79 Å². The molecule has 3 aliphatic rings. The van der Waals surface area contributed by atoms with E-state index in [0.29, 0.717) is 24.2 Å². The Kier molecular flexibility index (Phi) is 9.31. The van der Waals surface area contributed by atoms with Gasteiger partial charge < -0.3 is 19.7 Å². The standard InChI is InChI=1S/C21H37N3O3.HI/c1-4-22-20(24-13-9-16(10-14-24)19(25)27-6-3)23-17-15-18(26-5-2)21(17)11-7-8-12-21;/h16-18H,4-15H2,1-3H3,(H,22,23);1H. The Balaban J connectivity index is 0.00000280. The molecule has 2 aliphatic carbocycles. The third kappa shape index (κ3) is 4.94. The van der Waals surface area contributed by atoms with Crippen molar-refractivity contribution in [3.8, 4) is 0 Å². The van der Waals surface area contributed by atoms with E-state index in [9.17, 15) is 4.79 Å². The number of halogens is 1. The third-order valence-electron chi connectivity index (χ3n) is 6.71. The van der Waals surface area contributed by atoms with Gasteiger partial charge in [0.15, 0.2) is 5.96 Å². The summed E-state index contributed by atoms with van der Waals surface area (Å²) < 4.78 is 11.2. The fraction of sp³-hybridized carbons (Fsp3) is 0.905. The van der Waals surface area contributed by atoms with Gasteiger partial charge in [0.2, 0.25) is 0 Å². The van der Waals surface area contributed by atoms with Crippen molar-refractivity contribution in [1.29, 1.82) is 0 Å². The van der Waals surface area contributed by atoms with Crippen molar-refractivity contribution >= 4 is 35.9 Å². The zero-order chi connectivity index (χ0) is 19.3. The van der Waals surface area contributed by atoms with Gasteiger partial charge in [0.1, 0.15) is 0 Å². The molecule has 1 N–H and O–H groups in total. The maximum Gasteiger partial charge on any atom is 0.309 e. The molecule has 1 aliphatic heterocycles. The highest BCUT2D eigenvalue weighted by Crippen LogP contribution is 2.54. The molecule has 0 radical (unpaired) electrons. The molecule has 3 fully saturated rings. The number of carbonyl (C=O) groups excluding carboxylic acids is 1. The number of piperidine rings is 1. The highest BCUT2D eigenvalue weighted by atomic mass is 127. The number of likely N-dealkylation sites (tertiary alicyclic amines) is 1. The highest BCUT2D eigenvalue weighted by Gasteiger charge is 2.57. The first-order valence-electron chi connectivity index (χ1n) is 11.0. The van der Waals surface area contributed by atoms with E-state index in [4.69, 9.17) is 14.5 Å². The minimum atomic E-state index is -0.0393. The molecule has 0 aromatic rings.